The molecule has 2 aliphatic rings. The Bertz CT molecular complexity index is 897. The van der Waals surface area contributed by atoms with Crippen molar-refractivity contribution < 1.29 is 9.59 Å². The summed E-state index contributed by atoms with van der Waals surface area (Å²) in [6.07, 6.45) is 7.51. The quantitative estimate of drug-likeness (QED) is 0.717. The van der Waals surface area contributed by atoms with Gasteiger partial charge in [0, 0.05) is 37.8 Å². The topological polar surface area (TPSA) is 52.7 Å². The van der Waals surface area contributed by atoms with Gasteiger partial charge in [-0.05, 0) is 67.3 Å². The lowest BCUT2D eigenvalue weighted by atomic mass is 10.1. The first-order chi connectivity index (χ1) is 14.7. The largest absolute Gasteiger partial charge is 0.348 e. The van der Waals surface area contributed by atoms with Crippen LogP contribution in [0.5, 0.6) is 0 Å². The van der Waals surface area contributed by atoms with Gasteiger partial charge in [0.15, 0.2) is 0 Å². The average molecular weight is 404 g/mol. The maximum Gasteiger partial charge on any atom is 0.244 e. The van der Waals surface area contributed by atoms with Gasteiger partial charge in [-0.15, -0.1) is 0 Å². The maximum atomic E-state index is 12.1. The number of likely N-dealkylation sites (tertiary alicyclic amines) is 1. The molecule has 0 radical (unpaired) electrons. The fraction of sp³-hybridized carbons (Fsp3) is 0.360. The summed E-state index contributed by atoms with van der Waals surface area (Å²) in [5.74, 6) is 0.0664. The molecule has 0 spiro atoms. The minimum absolute atomic E-state index is 0.116. The van der Waals surface area contributed by atoms with Gasteiger partial charge in [0.25, 0.3) is 0 Å². The van der Waals surface area contributed by atoms with Crippen LogP contribution in [0, 0.1) is 0 Å². The van der Waals surface area contributed by atoms with Crippen molar-refractivity contribution in [2.75, 3.05) is 24.5 Å². The second kappa shape index (κ2) is 9.72. The van der Waals surface area contributed by atoms with Crippen molar-refractivity contribution in [2.24, 2.45) is 0 Å². The Balaban J connectivity index is 1.24. The smallest absolute Gasteiger partial charge is 0.244 e. The third kappa shape index (κ3) is 5.36. The number of anilines is 1. The van der Waals surface area contributed by atoms with Crippen LogP contribution in [-0.4, -0.2) is 36.3 Å². The highest BCUT2D eigenvalue weighted by atomic mass is 16.2. The summed E-state index contributed by atoms with van der Waals surface area (Å²) in [7, 11) is 0. The zero-order valence-electron chi connectivity index (χ0n) is 17.3. The van der Waals surface area contributed by atoms with Crippen LogP contribution < -0.4 is 10.2 Å². The number of amides is 2. The summed E-state index contributed by atoms with van der Waals surface area (Å²) in [5.41, 5.74) is 4.28. The average Bonchev–Trinajstić information content (AvgIpc) is 3.44. The van der Waals surface area contributed by atoms with Gasteiger partial charge < -0.3 is 10.2 Å². The van der Waals surface area contributed by atoms with Crippen LogP contribution in [0.3, 0.4) is 0 Å². The molecule has 5 heteroatoms. The minimum Gasteiger partial charge on any atom is -0.348 e. The van der Waals surface area contributed by atoms with E-state index in [0.29, 0.717) is 13.0 Å². The van der Waals surface area contributed by atoms with Gasteiger partial charge in [-0.25, -0.2) is 0 Å². The molecule has 0 atom stereocenters. The Labute approximate surface area is 178 Å². The standard InChI is InChI=1S/C25H29N3O2/c29-24(14-11-20-9-12-23(13-10-20)28-17-3-4-25(28)30)26-18-21-5-7-22(8-6-21)19-27-15-1-2-16-27/h5-14H,1-4,15-19H2,(H,26,29)/b14-11+. The zero-order chi connectivity index (χ0) is 20.8. The molecular formula is C25H29N3O2. The Kier molecular flexibility index (Phi) is 6.60. The van der Waals surface area contributed by atoms with E-state index in [-0.39, 0.29) is 11.8 Å². The van der Waals surface area contributed by atoms with Crippen molar-refractivity contribution in [3.05, 3.63) is 71.3 Å². The van der Waals surface area contributed by atoms with Crippen molar-refractivity contribution in [3.8, 4) is 0 Å². The van der Waals surface area contributed by atoms with Crippen molar-refractivity contribution in [3.63, 3.8) is 0 Å². The normalized spacial score (nSPS) is 17.2. The Hall–Kier alpha value is -2.92. The van der Waals surface area contributed by atoms with E-state index in [2.05, 4.69) is 34.5 Å². The van der Waals surface area contributed by atoms with Crippen LogP contribution in [0.1, 0.15) is 42.4 Å². The van der Waals surface area contributed by atoms with E-state index >= 15 is 0 Å². The molecule has 0 aliphatic carbocycles. The molecule has 2 heterocycles. The number of rotatable bonds is 7. The van der Waals surface area contributed by atoms with Gasteiger partial charge in [0.05, 0.1) is 0 Å². The molecule has 2 saturated heterocycles. The molecule has 2 aromatic rings. The molecule has 4 rings (SSSR count). The second-order valence-electron chi connectivity index (χ2n) is 8.09. The van der Waals surface area contributed by atoms with Gasteiger partial charge in [0.2, 0.25) is 11.8 Å². The Morgan fingerprint density at radius 3 is 2.27 bits per heavy atom. The van der Waals surface area contributed by atoms with E-state index in [0.717, 1.165) is 36.3 Å². The van der Waals surface area contributed by atoms with Gasteiger partial charge >= 0.3 is 0 Å². The number of nitrogens with zero attached hydrogens (tertiary/aromatic N) is 2. The lowest BCUT2D eigenvalue weighted by Crippen LogP contribution is -2.23. The minimum atomic E-state index is -0.116. The van der Waals surface area contributed by atoms with Crippen LogP contribution in [-0.2, 0) is 22.7 Å². The lowest BCUT2D eigenvalue weighted by molar-refractivity contribution is -0.117. The van der Waals surface area contributed by atoms with Crippen molar-refractivity contribution in [1.82, 2.24) is 10.2 Å². The molecule has 2 amide bonds. The molecule has 2 aliphatic heterocycles. The summed E-state index contributed by atoms with van der Waals surface area (Å²) in [4.78, 5) is 28.3. The monoisotopic (exact) mass is 403 g/mol. The first-order valence-corrected chi connectivity index (χ1v) is 10.8. The summed E-state index contributed by atoms with van der Waals surface area (Å²) in [5, 5.41) is 2.93. The number of hydrogen-bond acceptors (Lipinski definition) is 3. The molecule has 1 N–H and O–H groups in total. The first kappa shape index (κ1) is 20.4. The molecule has 30 heavy (non-hydrogen) atoms. The van der Waals surface area contributed by atoms with Crippen molar-refractivity contribution >= 4 is 23.6 Å². The fourth-order valence-corrected chi connectivity index (χ4v) is 4.07. The number of carbonyl (C=O) groups is 2. The fourth-order valence-electron chi connectivity index (χ4n) is 4.07. The molecule has 0 unspecified atom stereocenters. The van der Waals surface area contributed by atoms with E-state index in [1.54, 1.807) is 12.2 Å². The molecule has 0 saturated carbocycles. The van der Waals surface area contributed by atoms with Crippen molar-refractivity contribution in [2.45, 2.75) is 38.8 Å². The van der Waals surface area contributed by atoms with Gasteiger partial charge in [0.1, 0.15) is 0 Å². The van der Waals surface area contributed by atoms with E-state index in [9.17, 15) is 9.59 Å². The molecule has 5 nitrogen and oxygen atoms in total. The van der Waals surface area contributed by atoms with Gasteiger partial charge in [-0.3, -0.25) is 14.5 Å². The van der Waals surface area contributed by atoms with Crippen LogP contribution >= 0.6 is 0 Å². The van der Waals surface area contributed by atoms with Gasteiger partial charge in [-0.1, -0.05) is 36.4 Å². The van der Waals surface area contributed by atoms with E-state index in [1.165, 1.54) is 31.5 Å². The van der Waals surface area contributed by atoms with E-state index in [1.807, 2.05) is 29.2 Å². The highest BCUT2D eigenvalue weighted by Crippen LogP contribution is 2.22. The lowest BCUT2D eigenvalue weighted by Gasteiger charge is -2.15. The molecule has 0 bridgehead atoms. The SMILES string of the molecule is O=C(/C=C/c1ccc(N2CCCC2=O)cc1)NCc1ccc(CN2CCCC2)cc1. The highest BCUT2D eigenvalue weighted by Gasteiger charge is 2.21. The highest BCUT2D eigenvalue weighted by molar-refractivity contribution is 5.95. The van der Waals surface area contributed by atoms with Crippen LogP contribution in [0.2, 0.25) is 0 Å². The summed E-state index contributed by atoms with van der Waals surface area (Å²) in [6, 6.07) is 16.2. The third-order valence-electron chi connectivity index (χ3n) is 5.80. The number of hydrogen-bond donors (Lipinski definition) is 1. The molecule has 2 fully saturated rings. The molecule has 0 aromatic heterocycles. The van der Waals surface area contributed by atoms with Crippen LogP contribution in [0.15, 0.2) is 54.6 Å². The van der Waals surface area contributed by atoms with Gasteiger partial charge in [-0.2, -0.15) is 0 Å². The summed E-state index contributed by atoms with van der Waals surface area (Å²) < 4.78 is 0. The van der Waals surface area contributed by atoms with Crippen molar-refractivity contribution in [1.29, 1.82) is 0 Å². The molecular weight excluding hydrogens is 374 g/mol. The summed E-state index contributed by atoms with van der Waals surface area (Å²) >= 11 is 0. The zero-order valence-corrected chi connectivity index (χ0v) is 17.3. The number of benzene rings is 2. The first-order valence-electron chi connectivity index (χ1n) is 10.8. The maximum absolute atomic E-state index is 12.1. The molecule has 156 valence electrons. The van der Waals surface area contributed by atoms with E-state index in [4.69, 9.17) is 0 Å². The predicted octanol–water partition coefficient (Wildman–Crippen LogP) is 3.74. The van der Waals surface area contributed by atoms with E-state index < -0.39 is 0 Å². The summed E-state index contributed by atoms with van der Waals surface area (Å²) in [6.45, 7) is 4.71. The number of nitrogens with one attached hydrogen (secondary N) is 1. The predicted molar refractivity (Wildman–Crippen MR) is 120 cm³/mol. The Morgan fingerprint density at radius 1 is 0.900 bits per heavy atom. The third-order valence-corrected chi connectivity index (χ3v) is 5.80. The molecule has 2 aromatic carbocycles. The van der Waals surface area contributed by atoms with Crippen LogP contribution in [0.25, 0.3) is 6.08 Å². The van der Waals surface area contributed by atoms with Crippen LogP contribution in [0.4, 0.5) is 5.69 Å². The second-order valence-corrected chi connectivity index (χ2v) is 8.09. The Morgan fingerprint density at radius 2 is 1.60 bits per heavy atom. The number of carbonyl (C=O) groups excluding carboxylic acids is 2.